The summed E-state index contributed by atoms with van der Waals surface area (Å²) in [7, 11) is -2.26. The molecule has 0 aliphatic carbocycles. The standard InChI is InChI=1S/C41H49F2N5O4Si/c1-21(2)53(22(3)4,23(5)6)19-18-27-29(42)16-14-25-12-11-13-28(31(25)27)34-33(43)35-32-37(46-39(49)45-35)47-20-26-15-17-30(36(47)24(7)51-38(32)44-34)48(26)40(50)52-41(8,9)10/h11-14,16,21-24,26,30,36H,15,17,20H2,1-10H3,(H,45,46,49)/t24-,26+,30-,36+/m0/s1. The van der Waals surface area contributed by atoms with E-state index >= 15 is 8.78 Å². The fourth-order valence-electron chi connectivity index (χ4n) is 9.52. The number of ether oxygens (including phenoxy) is 2. The van der Waals surface area contributed by atoms with Gasteiger partial charge in [-0.15, -0.1) is 5.54 Å². The number of halogens is 2. The predicted molar refractivity (Wildman–Crippen MR) is 207 cm³/mol. The number of fused-ring (bicyclic) bond motifs is 6. The van der Waals surface area contributed by atoms with Crippen molar-refractivity contribution in [3.8, 4) is 28.6 Å². The Bertz CT molecular complexity index is 2230. The van der Waals surface area contributed by atoms with Crippen LogP contribution in [-0.2, 0) is 4.74 Å². The van der Waals surface area contributed by atoms with Crippen LogP contribution in [0.4, 0.5) is 19.4 Å². The molecule has 5 heterocycles. The Morgan fingerprint density at radius 1 is 1.02 bits per heavy atom. The summed E-state index contributed by atoms with van der Waals surface area (Å²) in [5.41, 5.74) is 3.56. The minimum Gasteiger partial charge on any atom is -0.472 e. The summed E-state index contributed by atoms with van der Waals surface area (Å²) in [5, 5.41) is 1.37. The third-order valence-electron chi connectivity index (χ3n) is 11.7. The number of aromatic nitrogens is 3. The van der Waals surface area contributed by atoms with E-state index < -0.39 is 49.2 Å². The lowest BCUT2D eigenvalue weighted by Crippen LogP contribution is -2.65. The molecule has 53 heavy (non-hydrogen) atoms. The van der Waals surface area contributed by atoms with Crippen LogP contribution in [0, 0.1) is 23.1 Å². The number of anilines is 1. The van der Waals surface area contributed by atoms with Gasteiger partial charge in [0.25, 0.3) is 0 Å². The Hall–Kier alpha value is -4.50. The number of benzene rings is 2. The topological polar surface area (TPSA) is 101 Å². The number of rotatable bonds is 4. The molecule has 3 aliphatic heterocycles. The van der Waals surface area contributed by atoms with Gasteiger partial charge in [0.05, 0.1) is 29.2 Å². The molecule has 2 aromatic heterocycles. The Balaban J connectivity index is 1.42. The highest BCUT2D eigenvalue weighted by Gasteiger charge is 2.54. The molecule has 2 fully saturated rings. The van der Waals surface area contributed by atoms with Gasteiger partial charge in [0, 0.05) is 17.5 Å². The van der Waals surface area contributed by atoms with Crippen LogP contribution in [0.15, 0.2) is 35.1 Å². The first-order valence-corrected chi connectivity index (χ1v) is 21.0. The number of piperazine rings is 1. The molecule has 0 spiro atoms. The molecule has 0 unspecified atom stereocenters. The third-order valence-corrected chi connectivity index (χ3v) is 17.9. The van der Waals surface area contributed by atoms with Crippen LogP contribution in [0.1, 0.15) is 87.6 Å². The molecular weight excluding hydrogens is 693 g/mol. The first kappa shape index (κ1) is 36.8. The summed E-state index contributed by atoms with van der Waals surface area (Å²) in [6, 6.07) is 7.49. The van der Waals surface area contributed by atoms with E-state index in [-0.39, 0.29) is 45.9 Å². The molecule has 4 atom stereocenters. The van der Waals surface area contributed by atoms with E-state index in [1.807, 2.05) is 38.7 Å². The van der Waals surface area contributed by atoms with Crippen molar-refractivity contribution in [2.45, 2.75) is 129 Å². The highest BCUT2D eigenvalue weighted by atomic mass is 28.3. The van der Waals surface area contributed by atoms with Crippen LogP contribution >= 0.6 is 0 Å². The van der Waals surface area contributed by atoms with Gasteiger partial charge in [0.1, 0.15) is 42.5 Å². The van der Waals surface area contributed by atoms with Crippen LogP contribution in [0.3, 0.4) is 0 Å². The zero-order valence-electron chi connectivity index (χ0n) is 32.2. The third kappa shape index (κ3) is 5.95. The van der Waals surface area contributed by atoms with Gasteiger partial charge in [-0.25, -0.2) is 23.4 Å². The second kappa shape index (κ2) is 13.1. The SMILES string of the molecule is CC(C)[Si](C#Cc1c(F)ccc2cccc(-c3nc4c5c(nc(=O)[nH]c5c3F)N3C[C@H]5CC[C@@H]([C@H]3[C@H](C)O4)N5C(=O)OC(C)(C)C)c12)(C(C)C)C(C)C. The van der Waals surface area contributed by atoms with Crippen molar-refractivity contribution in [3.05, 3.63) is 58.0 Å². The number of amides is 1. The second-order valence-electron chi connectivity index (χ2n) is 16.8. The van der Waals surface area contributed by atoms with Crippen LogP contribution in [0.5, 0.6) is 5.88 Å². The molecule has 0 saturated carbocycles. The minimum absolute atomic E-state index is 0.0939. The van der Waals surface area contributed by atoms with Crippen molar-refractivity contribution in [3.63, 3.8) is 0 Å². The molecule has 2 saturated heterocycles. The van der Waals surface area contributed by atoms with E-state index in [1.54, 1.807) is 23.1 Å². The summed E-state index contributed by atoms with van der Waals surface area (Å²) in [4.78, 5) is 42.4. The molecule has 9 nitrogen and oxygen atoms in total. The van der Waals surface area contributed by atoms with Gasteiger partial charge in [0.2, 0.25) is 5.88 Å². The van der Waals surface area contributed by atoms with E-state index in [0.29, 0.717) is 45.9 Å². The number of pyridine rings is 1. The van der Waals surface area contributed by atoms with Crippen LogP contribution in [0.2, 0.25) is 16.6 Å². The number of carbonyl (C=O) groups is 1. The first-order chi connectivity index (χ1) is 24.9. The average molecular weight is 742 g/mol. The summed E-state index contributed by atoms with van der Waals surface area (Å²) >= 11 is 0. The van der Waals surface area contributed by atoms with E-state index in [4.69, 9.17) is 14.5 Å². The lowest BCUT2D eigenvalue weighted by atomic mass is 9.96. The van der Waals surface area contributed by atoms with Gasteiger partial charge in [-0.3, -0.25) is 4.90 Å². The Labute approximate surface area is 310 Å². The molecule has 7 rings (SSSR count). The van der Waals surface area contributed by atoms with Crippen molar-refractivity contribution >= 4 is 41.7 Å². The average Bonchev–Trinajstić information content (AvgIpc) is 3.32. The maximum Gasteiger partial charge on any atom is 0.410 e. The highest BCUT2D eigenvalue weighted by Crippen LogP contribution is 2.46. The zero-order chi connectivity index (χ0) is 38.3. The number of aromatic amines is 1. The van der Waals surface area contributed by atoms with Crippen LogP contribution in [-0.4, -0.2) is 70.4 Å². The smallest absolute Gasteiger partial charge is 0.410 e. The van der Waals surface area contributed by atoms with E-state index in [0.717, 1.165) is 6.42 Å². The number of nitrogens with one attached hydrogen (secondary N) is 1. The maximum absolute atomic E-state index is 17.1. The molecule has 3 aliphatic rings. The molecule has 4 aromatic rings. The quantitative estimate of drug-likeness (QED) is 0.165. The van der Waals surface area contributed by atoms with Crippen LogP contribution < -0.4 is 15.3 Å². The summed E-state index contributed by atoms with van der Waals surface area (Å²) in [6.07, 6.45) is 0.502. The molecular formula is C41H49F2N5O4Si. The van der Waals surface area contributed by atoms with Gasteiger partial charge < -0.3 is 19.4 Å². The monoisotopic (exact) mass is 741 g/mol. The number of nitrogens with zero attached hydrogens (tertiary/aromatic N) is 4. The summed E-state index contributed by atoms with van der Waals surface area (Å²) in [6.45, 7) is 21.0. The molecule has 1 N–H and O–H groups in total. The maximum atomic E-state index is 17.1. The molecule has 0 radical (unpaired) electrons. The largest absolute Gasteiger partial charge is 0.472 e. The summed E-state index contributed by atoms with van der Waals surface area (Å²) < 4.78 is 45.6. The fraction of sp³-hybridized carbons (Fsp3) is 0.512. The van der Waals surface area contributed by atoms with Crippen molar-refractivity contribution in [1.82, 2.24) is 19.9 Å². The van der Waals surface area contributed by atoms with Crippen molar-refractivity contribution in [2.75, 3.05) is 11.4 Å². The molecule has 12 heteroatoms. The van der Waals surface area contributed by atoms with Gasteiger partial charge in [-0.05, 0) is 68.6 Å². The Kier molecular flexibility index (Phi) is 9.11. The Morgan fingerprint density at radius 2 is 1.72 bits per heavy atom. The lowest BCUT2D eigenvalue weighted by Gasteiger charge is -2.48. The van der Waals surface area contributed by atoms with Crippen molar-refractivity contribution < 1.29 is 23.0 Å². The Morgan fingerprint density at radius 3 is 2.38 bits per heavy atom. The molecule has 2 bridgehead atoms. The fourth-order valence-corrected chi connectivity index (χ4v) is 14.7. The predicted octanol–water partition coefficient (Wildman–Crippen LogP) is 8.72. The number of H-pyrrole nitrogens is 1. The lowest BCUT2D eigenvalue weighted by molar-refractivity contribution is 0.000954. The number of carbonyl (C=O) groups excluding carboxylic acids is 1. The summed E-state index contributed by atoms with van der Waals surface area (Å²) in [5.74, 6) is 2.39. The van der Waals surface area contributed by atoms with E-state index in [9.17, 15) is 9.59 Å². The normalized spacial score (nSPS) is 21.2. The van der Waals surface area contributed by atoms with E-state index in [1.165, 1.54) is 6.07 Å². The first-order valence-electron chi connectivity index (χ1n) is 18.8. The molecule has 1 amide bonds. The van der Waals surface area contributed by atoms with Crippen molar-refractivity contribution in [2.24, 2.45) is 0 Å². The zero-order valence-corrected chi connectivity index (χ0v) is 33.2. The molecule has 2 aromatic carbocycles. The number of hydrogen-bond donors (Lipinski definition) is 1. The van der Waals surface area contributed by atoms with Gasteiger partial charge in [-0.1, -0.05) is 71.7 Å². The second-order valence-corrected chi connectivity index (χ2v) is 22.4. The van der Waals surface area contributed by atoms with Crippen molar-refractivity contribution in [1.29, 1.82) is 0 Å². The highest BCUT2D eigenvalue weighted by molar-refractivity contribution is 6.90. The van der Waals surface area contributed by atoms with Gasteiger partial charge >= 0.3 is 11.8 Å². The minimum atomic E-state index is -2.26. The van der Waals surface area contributed by atoms with Gasteiger partial charge in [-0.2, -0.15) is 4.98 Å². The molecule has 280 valence electrons. The van der Waals surface area contributed by atoms with Crippen LogP contribution in [0.25, 0.3) is 32.9 Å². The number of hydrogen-bond acceptors (Lipinski definition) is 7. The van der Waals surface area contributed by atoms with Gasteiger partial charge in [0.15, 0.2) is 5.82 Å². The van der Waals surface area contributed by atoms with E-state index in [2.05, 4.69) is 63.0 Å².